The van der Waals surface area contributed by atoms with Gasteiger partial charge in [-0.05, 0) is 19.4 Å². The van der Waals surface area contributed by atoms with Crippen molar-refractivity contribution in [2.45, 2.75) is 32.5 Å². The van der Waals surface area contributed by atoms with E-state index in [0.717, 1.165) is 0 Å². The molecule has 0 saturated carbocycles. The number of amides is 1. The third-order valence-electron chi connectivity index (χ3n) is 3.27. The number of alkyl halides is 3. The first kappa shape index (κ1) is 17.5. The number of hydrogen-bond donors (Lipinski definition) is 2. The molecule has 1 atom stereocenters. The number of halogens is 3. The maximum absolute atomic E-state index is 12.7. The monoisotopic (exact) mass is 302 g/mol. The van der Waals surface area contributed by atoms with Crippen LogP contribution in [0.3, 0.4) is 0 Å². The van der Waals surface area contributed by atoms with Crippen molar-refractivity contribution < 1.29 is 18.0 Å². The minimum atomic E-state index is -4.27. The van der Waals surface area contributed by atoms with Crippen LogP contribution in [0.1, 0.15) is 31.9 Å². The summed E-state index contributed by atoms with van der Waals surface area (Å²) in [5.41, 5.74) is -0.226. The number of hydrogen-bond acceptors (Lipinski definition) is 2. The summed E-state index contributed by atoms with van der Waals surface area (Å²) in [6, 6.07) is 7.58. The molecule has 118 valence electrons. The molecule has 0 fully saturated rings. The molecule has 0 spiro atoms. The van der Waals surface area contributed by atoms with E-state index in [1.807, 2.05) is 0 Å². The van der Waals surface area contributed by atoms with E-state index in [4.69, 9.17) is 0 Å². The Morgan fingerprint density at radius 1 is 1.19 bits per heavy atom. The Morgan fingerprint density at radius 2 is 1.76 bits per heavy atom. The van der Waals surface area contributed by atoms with E-state index in [1.54, 1.807) is 44.2 Å². The van der Waals surface area contributed by atoms with E-state index in [0.29, 0.717) is 5.56 Å². The van der Waals surface area contributed by atoms with Gasteiger partial charge in [0.1, 0.15) is 0 Å². The van der Waals surface area contributed by atoms with Crippen molar-refractivity contribution in [3.8, 4) is 0 Å². The molecule has 0 saturated heterocycles. The van der Waals surface area contributed by atoms with Crippen LogP contribution in [0.2, 0.25) is 0 Å². The number of benzene rings is 1. The van der Waals surface area contributed by atoms with Gasteiger partial charge in [0.25, 0.3) is 0 Å². The maximum Gasteiger partial charge on any atom is 0.390 e. The van der Waals surface area contributed by atoms with Gasteiger partial charge >= 0.3 is 6.18 Å². The first-order valence-electron chi connectivity index (χ1n) is 6.73. The number of nitrogens with one attached hydrogen (secondary N) is 2. The van der Waals surface area contributed by atoms with Crippen LogP contribution in [-0.4, -0.2) is 25.7 Å². The van der Waals surface area contributed by atoms with Gasteiger partial charge in [-0.25, -0.2) is 0 Å². The molecular formula is C15H21F3N2O. The van der Waals surface area contributed by atoms with Gasteiger partial charge in [0, 0.05) is 19.6 Å². The zero-order chi connectivity index (χ0) is 16.1. The van der Waals surface area contributed by atoms with Crippen LogP contribution in [0.15, 0.2) is 30.3 Å². The van der Waals surface area contributed by atoms with Gasteiger partial charge in [-0.2, -0.15) is 13.2 Å². The lowest BCUT2D eigenvalue weighted by Crippen LogP contribution is -2.43. The Balaban J connectivity index is 2.82. The first-order chi connectivity index (χ1) is 9.65. The van der Waals surface area contributed by atoms with E-state index in [2.05, 4.69) is 10.6 Å². The van der Waals surface area contributed by atoms with Crippen LogP contribution >= 0.6 is 0 Å². The summed E-state index contributed by atoms with van der Waals surface area (Å²) in [6.07, 6.45) is -5.24. The second kappa shape index (κ2) is 6.93. The van der Waals surface area contributed by atoms with Crippen molar-refractivity contribution in [2.24, 2.45) is 5.41 Å². The highest BCUT2D eigenvalue weighted by molar-refractivity contribution is 5.81. The smallest absolute Gasteiger partial charge is 0.359 e. The molecule has 1 unspecified atom stereocenters. The highest BCUT2D eigenvalue weighted by Crippen LogP contribution is 2.30. The molecule has 1 aromatic carbocycles. The van der Waals surface area contributed by atoms with Crippen molar-refractivity contribution in [1.82, 2.24) is 10.6 Å². The van der Waals surface area contributed by atoms with Gasteiger partial charge in [-0.3, -0.25) is 4.79 Å². The van der Waals surface area contributed by atoms with E-state index in [1.165, 1.54) is 7.05 Å². The standard InChI is InChI=1S/C15H21F3N2O/c1-14(2,13(21)19-3)10-20-12(9-15(16,17)18)11-7-5-4-6-8-11/h4-8,12,20H,9-10H2,1-3H3,(H,19,21). The van der Waals surface area contributed by atoms with Crippen LogP contribution < -0.4 is 10.6 Å². The fraction of sp³-hybridized carbons (Fsp3) is 0.533. The van der Waals surface area contributed by atoms with E-state index in [-0.39, 0.29) is 12.5 Å². The molecule has 6 heteroatoms. The SMILES string of the molecule is CNC(=O)C(C)(C)CNC(CC(F)(F)F)c1ccccc1. The summed E-state index contributed by atoms with van der Waals surface area (Å²) in [5.74, 6) is -0.214. The number of rotatable bonds is 6. The Kier molecular flexibility index (Phi) is 5.78. The summed E-state index contributed by atoms with van der Waals surface area (Å²) >= 11 is 0. The van der Waals surface area contributed by atoms with Crippen molar-refractivity contribution in [2.75, 3.05) is 13.6 Å². The van der Waals surface area contributed by atoms with E-state index < -0.39 is 24.1 Å². The Bertz CT molecular complexity index is 458. The lowest BCUT2D eigenvalue weighted by Gasteiger charge is -2.27. The quantitative estimate of drug-likeness (QED) is 0.848. The predicted molar refractivity (Wildman–Crippen MR) is 75.7 cm³/mol. The average molecular weight is 302 g/mol. The van der Waals surface area contributed by atoms with E-state index >= 15 is 0 Å². The normalized spacial score (nSPS) is 13.8. The molecule has 1 rings (SSSR count). The topological polar surface area (TPSA) is 41.1 Å². The number of carbonyl (C=O) groups is 1. The highest BCUT2D eigenvalue weighted by atomic mass is 19.4. The van der Waals surface area contributed by atoms with E-state index in [9.17, 15) is 18.0 Å². The minimum absolute atomic E-state index is 0.155. The molecule has 0 aliphatic heterocycles. The molecule has 1 amide bonds. The minimum Gasteiger partial charge on any atom is -0.359 e. The first-order valence-corrected chi connectivity index (χ1v) is 6.73. The van der Waals surface area contributed by atoms with Gasteiger partial charge in [0.05, 0.1) is 11.8 Å². The van der Waals surface area contributed by atoms with Crippen LogP contribution in [0.25, 0.3) is 0 Å². The highest BCUT2D eigenvalue weighted by Gasteiger charge is 2.34. The van der Waals surface area contributed by atoms with Crippen LogP contribution in [0.5, 0.6) is 0 Å². The van der Waals surface area contributed by atoms with Crippen molar-refractivity contribution in [3.63, 3.8) is 0 Å². The van der Waals surface area contributed by atoms with Gasteiger partial charge in [-0.15, -0.1) is 0 Å². The summed E-state index contributed by atoms with van der Waals surface area (Å²) in [7, 11) is 1.51. The van der Waals surface area contributed by atoms with Crippen molar-refractivity contribution in [3.05, 3.63) is 35.9 Å². The molecule has 0 aromatic heterocycles. The molecule has 0 heterocycles. The molecule has 3 nitrogen and oxygen atoms in total. The molecule has 0 bridgehead atoms. The number of carbonyl (C=O) groups excluding carboxylic acids is 1. The summed E-state index contributed by atoms with van der Waals surface area (Å²) in [5, 5.41) is 5.38. The second-order valence-corrected chi connectivity index (χ2v) is 5.63. The fourth-order valence-corrected chi connectivity index (χ4v) is 2.02. The Labute approximate surface area is 122 Å². The molecule has 0 aliphatic rings. The molecule has 1 aromatic rings. The zero-order valence-corrected chi connectivity index (χ0v) is 12.4. The van der Waals surface area contributed by atoms with Gasteiger partial charge in [-0.1, -0.05) is 30.3 Å². The fourth-order valence-electron chi connectivity index (χ4n) is 2.02. The Hall–Kier alpha value is -1.56. The summed E-state index contributed by atoms with van der Waals surface area (Å²) in [6.45, 7) is 3.53. The lowest BCUT2D eigenvalue weighted by atomic mass is 9.91. The van der Waals surface area contributed by atoms with Gasteiger partial charge < -0.3 is 10.6 Å². The van der Waals surface area contributed by atoms with Crippen LogP contribution in [-0.2, 0) is 4.79 Å². The third-order valence-corrected chi connectivity index (χ3v) is 3.27. The molecule has 0 radical (unpaired) electrons. The van der Waals surface area contributed by atoms with Crippen molar-refractivity contribution >= 4 is 5.91 Å². The molecular weight excluding hydrogens is 281 g/mol. The maximum atomic E-state index is 12.7. The zero-order valence-electron chi connectivity index (χ0n) is 12.4. The summed E-state index contributed by atoms with van der Waals surface area (Å²) < 4.78 is 38.2. The van der Waals surface area contributed by atoms with Crippen LogP contribution in [0.4, 0.5) is 13.2 Å². The molecule has 21 heavy (non-hydrogen) atoms. The predicted octanol–water partition coefficient (Wildman–Crippen LogP) is 3.04. The van der Waals surface area contributed by atoms with Crippen molar-refractivity contribution in [1.29, 1.82) is 0 Å². The Morgan fingerprint density at radius 3 is 2.24 bits per heavy atom. The third kappa shape index (κ3) is 5.75. The molecule has 2 N–H and O–H groups in total. The second-order valence-electron chi connectivity index (χ2n) is 5.63. The van der Waals surface area contributed by atoms with Gasteiger partial charge in [0.15, 0.2) is 0 Å². The molecule has 0 aliphatic carbocycles. The summed E-state index contributed by atoms with van der Waals surface area (Å²) in [4.78, 5) is 11.7. The van der Waals surface area contributed by atoms with Gasteiger partial charge in [0.2, 0.25) is 5.91 Å². The average Bonchev–Trinajstić information content (AvgIpc) is 2.42. The lowest BCUT2D eigenvalue weighted by molar-refractivity contribution is -0.141. The van der Waals surface area contributed by atoms with Crippen LogP contribution in [0, 0.1) is 5.41 Å². The largest absolute Gasteiger partial charge is 0.390 e.